The largest absolute Gasteiger partial charge is 0.388 e. The molecule has 0 amide bonds. The number of ether oxygens (including phenoxy) is 1. The Labute approximate surface area is 125 Å². The van der Waals surface area contributed by atoms with Crippen molar-refractivity contribution in [2.45, 2.75) is 45.8 Å². The number of anilines is 1. The number of benzene rings is 1. The minimum absolute atomic E-state index is 0.109. The quantitative estimate of drug-likeness (QED) is 0.658. The average Bonchev–Trinajstić information content (AvgIpc) is 2.48. The van der Waals surface area contributed by atoms with Crippen molar-refractivity contribution < 1.29 is 9.66 Å². The molecule has 5 heteroatoms. The molecule has 1 N–H and O–H groups in total. The van der Waals surface area contributed by atoms with Crippen LogP contribution in [0.5, 0.6) is 0 Å². The fourth-order valence-electron chi connectivity index (χ4n) is 2.91. The molecule has 1 fully saturated rings. The first-order chi connectivity index (χ1) is 10.0. The Morgan fingerprint density at radius 3 is 2.71 bits per heavy atom. The monoisotopic (exact) mass is 292 g/mol. The standard InChI is InChI=1S/C16H24N2O3/c1-11-4-6-15(8-12(11)2)21-10-13-9-14(18(19)20)5-7-16(13)17-3/h5,7,9,11-12,15,17H,4,6,8,10H2,1-3H3. The second-order valence-electron chi connectivity index (χ2n) is 6.05. The highest BCUT2D eigenvalue weighted by Crippen LogP contribution is 2.32. The normalized spacial score (nSPS) is 25.6. The molecule has 1 saturated carbocycles. The van der Waals surface area contributed by atoms with Crippen LogP contribution in [0.3, 0.4) is 0 Å². The summed E-state index contributed by atoms with van der Waals surface area (Å²) in [5.41, 5.74) is 1.84. The SMILES string of the molecule is CNc1ccc([N+](=O)[O-])cc1COC1CCC(C)C(C)C1. The summed E-state index contributed by atoms with van der Waals surface area (Å²) in [5, 5.41) is 13.9. The highest BCUT2D eigenvalue weighted by atomic mass is 16.6. The van der Waals surface area contributed by atoms with Crippen LogP contribution in [0.25, 0.3) is 0 Å². The Kier molecular flexibility index (Phi) is 5.17. The van der Waals surface area contributed by atoms with Crippen LogP contribution in [-0.2, 0) is 11.3 Å². The number of hydrogen-bond donors (Lipinski definition) is 1. The fourth-order valence-corrected chi connectivity index (χ4v) is 2.91. The van der Waals surface area contributed by atoms with E-state index in [1.54, 1.807) is 12.1 Å². The second kappa shape index (κ2) is 6.89. The van der Waals surface area contributed by atoms with E-state index < -0.39 is 0 Å². The smallest absolute Gasteiger partial charge is 0.269 e. The highest BCUT2D eigenvalue weighted by Gasteiger charge is 2.25. The van der Waals surface area contributed by atoms with E-state index in [1.165, 1.54) is 12.5 Å². The van der Waals surface area contributed by atoms with Gasteiger partial charge in [-0.15, -0.1) is 0 Å². The average molecular weight is 292 g/mol. The molecule has 0 spiro atoms. The van der Waals surface area contributed by atoms with Gasteiger partial charge >= 0.3 is 0 Å². The molecule has 0 aliphatic heterocycles. The van der Waals surface area contributed by atoms with E-state index in [0.29, 0.717) is 12.5 Å². The number of nitro groups is 1. The van der Waals surface area contributed by atoms with Gasteiger partial charge in [0.2, 0.25) is 0 Å². The first kappa shape index (κ1) is 15.8. The molecular weight excluding hydrogens is 268 g/mol. The summed E-state index contributed by atoms with van der Waals surface area (Å²) in [7, 11) is 1.81. The van der Waals surface area contributed by atoms with E-state index in [1.807, 2.05) is 7.05 Å². The first-order valence-electron chi connectivity index (χ1n) is 7.58. The maximum atomic E-state index is 10.9. The van der Waals surface area contributed by atoms with Crippen molar-refractivity contribution in [1.82, 2.24) is 0 Å². The molecule has 5 nitrogen and oxygen atoms in total. The zero-order valence-electron chi connectivity index (χ0n) is 13.0. The predicted octanol–water partition coefficient (Wildman–Crippen LogP) is 3.98. The number of nitrogens with zero attached hydrogens (tertiary/aromatic N) is 1. The molecule has 1 aromatic carbocycles. The number of nitro benzene ring substituents is 1. The molecule has 1 aliphatic carbocycles. The third-order valence-electron chi connectivity index (χ3n) is 4.59. The van der Waals surface area contributed by atoms with E-state index >= 15 is 0 Å². The van der Waals surface area contributed by atoms with Gasteiger partial charge in [-0.25, -0.2) is 0 Å². The third kappa shape index (κ3) is 3.94. The molecule has 1 aliphatic rings. The van der Waals surface area contributed by atoms with Gasteiger partial charge in [-0.1, -0.05) is 13.8 Å². The molecule has 0 radical (unpaired) electrons. The van der Waals surface area contributed by atoms with Crippen LogP contribution in [0.15, 0.2) is 18.2 Å². The summed E-state index contributed by atoms with van der Waals surface area (Å²) in [6, 6.07) is 4.85. The Morgan fingerprint density at radius 1 is 1.33 bits per heavy atom. The second-order valence-corrected chi connectivity index (χ2v) is 6.05. The lowest BCUT2D eigenvalue weighted by atomic mass is 9.80. The van der Waals surface area contributed by atoms with Gasteiger partial charge in [-0.05, 0) is 37.2 Å². The van der Waals surface area contributed by atoms with Gasteiger partial charge in [0.25, 0.3) is 5.69 Å². The van der Waals surface area contributed by atoms with E-state index in [4.69, 9.17) is 4.74 Å². The number of rotatable bonds is 5. The van der Waals surface area contributed by atoms with Gasteiger partial charge in [0, 0.05) is 30.4 Å². The van der Waals surface area contributed by atoms with Gasteiger partial charge in [-0.2, -0.15) is 0 Å². The Morgan fingerprint density at radius 2 is 2.10 bits per heavy atom. The topological polar surface area (TPSA) is 64.4 Å². The summed E-state index contributed by atoms with van der Waals surface area (Å²) in [5.74, 6) is 1.44. The number of nitrogens with one attached hydrogen (secondary N) is 1. The molecule has 116 valence electrons. The molecular formula is C16H24N2O3. The van der Waals surface area contributed by atoms with Gasteiger partial charge in [-0.3, -0.25) is 10.1 Å². The molecule has 0 saturated heterocycles. The van der Waals surface area contributed by atoms with E-state index in [-0.39, 0.29) is 16.7 Å². The van der Waals surface area contributed by atoms with Crippen molar-refractivity contribution >= 4 is 11.4 Å². The Balaban J connectivity index is 2.02. The maximum Gasteiger partial charge on any atom is 0.269 e. The summed E-state index contributed by atoms with van der Waals surface area (Å²) in [6.45, 7) is 4.98. The van der Waals surface area contributed by atoms with Crippen molar-refractivity contribution in [2.24, 2.45) is 11.8 Å². The lowest BCUT2D eigenvalue weighted by Gasteiger charge is -2.32. The minimum atomic E-state index is -0.368. The highest BCUT2D eigenvalue weighted by molar-refractivity contribution is 5.55. The molecule has 2 rings (SSSR count). The molecule has 0 heterocycles. The van der Waals surface area contributed by atoms with Crippen LogP contribution >= 0.6 is 0 Å². The van der Waals surface area contributed by atoms with E-state index in [0.717, 1.165) is 30.0 Å². The van der Waals surface area contributed by atoms with Crippen LogP contribution in [0.2, 0.25) is 0 Å². The summed E-state index contributed by atoms with van der Waals surface area (Å²) < 4.78 is 6.00. The van der Waals surface area contributed by atoms with Crippen molar-refractivity contribution in [3.63, 3.8) is 0 Å². The molecule has 3 atom stereocenters. The van der Waals surface area contributed by atoms with Crippen molar-refractivity contribution in [2.75, 3.05) is 12.4 Å². The zero-order chi connectivity index (χ0) is 15.4. The summed E-state index contributed by atoms with van der Waals surface area (Å²) >= 11 is 0. The zero-order valence-corrected chi connectivity index (χ0v) is 13.0. The van der Waals surface area contributed by atoms with Gasteiger partial charge < -0.3 is 10.1 Å². The minimum Gasteiger partial charge on any atom is -0.388 e. The Bertz CT molecular complexity index is 504. The predicted molar refractivity (Wildman–Crippen MR) is 83.4 cm³/mol. The fraction of sp³-hybridized carbons (Fsp3) is 0.625. The van der Waals surface area contributed by atoms with E-state index in [2.05, 4.69) is 19.2 Å². The third-order valence-corrected chi connectivity index (χ3v) is 4.59. The van der Waals surface area contributed by atoms with E-state index in [9.17, 15) is 10.1 Å². The first-order valence-corrected chi connectivity index (χ1v) is 7.58. The van der Waals surface area contributed by atoms with Crippen LogP contribution in [0.1, 0.15) is 38.7 Å². The Hall–Kier alpha value is -1.62. The van der Waals surface area contributed by atoms with Crippen LogP contribution in [0.4, 0.5) is 11.4 Å². The van der Waals surface area contributed by atoms with Crippen LogP contribution in [-0.4, -0.2) is 18.1 Å². The lowest BCUT2D eigenvalue weighted by molar-refractivity contribution is -0.384. The molecule has 21 heavy (non-hydrogen) atoms. The van der Waals surface area contributed by atoms with Crippen LogP contribution in [0, 0.1) is 22.0 Å². The van der Waals surface area contributed by atoms with Crippen molar-refractivity contribution in [3.05, 3.63) is 33.9 Å². The summed E-state index contributed by atoms with van der Waals surface area (Å²) in [6.07, 6.45) is 3.61. The van der Waals surface area contributed by atoms with Gasteiger partial charge in [0.15, 0.2) is 0 Å². The molecule has 0 aromatic heterocycles. The number of hydrogen-bond acceptors (Lipinski definition) is 4. The summed E-state index contributed by atoms with van der Waals surface area (Å²) in [4.78, 5) is 10.5. The van der Waals surface area contributed by atoms with Crippen molar-refractivity contribution in [3.8, 4) is 0 Å². The van der Waals surface area contributed by atoms with Crippen LogP contribution < -0.4 is 5.32 Å². The lowest BCUT2D eigenvalue weighted by Crippen LogP contribution is -2.26. The van der Waals surface area contributed by atoms with Gasteiger partial charge in [0.05, 0.1) is 17.6 Å². The molecule has 3 unspecified atom stereocenters. The molecule has 0 bridgehead atoms. The molecule has 1 aromatic rings. The number of non-ortho nitro benzene ring substituents is 1. The van der Waals surface area contributed by atoms with Gasteiger partial charge in [0.1, 0.15) is 0 Å². The van der Waals surface area contributed by atoms with Crippen molar-refractivity contribution in [1.29, 1.82) is 0 Å². The maximum absolute atomic E-state index is 10.9.